The van der Waals surface area contributed by atoms with Crippen molar-refractivity contribution < 1.29 is 14.1 Å². The second kappa shape index (κ2) is 7.43. The number of fused-ring (bicyclic) bond motifs is 1. The number of hydrogen-bond acceptors (Lipinski definition) is 5. The van der Waals surface area contributed by atoms with E-state index in [-0.39, 0.29) is 30.1 Å². The van der Waals surface area contributed by atoms with Gasteiger partial charge in [0.15, 0.2) is 11.6 Å². The van der Waals surface area contributed by atoms with E-state index in [1.807, 2.05) is 6.92 Å². The van der Waals surface area contributed by atoms with Crippen molar-refractivity contribution in [3.8, 4) is 0 Å². The molecule has 0 aromatic carbocycles. The normalized spacial score (nSPS) is 18.0. The first-order valence-corrected chi connectivity index (χ1v) is 10.6. The van der Waals surface area contributed by atoms with Crippen molar-refractivity contribution in [3.05, 3.63) is 34.2 Å². The number of aromatic nitrogens is 3. The average Bonchev–Trinajstić information content (AvgIpc) is 3.33. The highest BCUT2D eigenvalue weighted by molar-refractivity contribution is 6.01. The van der Waals surface area contributed by atoms with Gasteiger partial charge in [0.25, 0.3) is 0 Å². The summed E-state index contributed by atoms with van der Waals surface area (Å²) in [5.41, 5.74) is 3.73. The summed E-state index contributed by atoms with van der Waals surface area (Å²) in [5.74, 6) is 1.62. The molecule has 0 aliphatic heterocycles. The third-order valence-corrected chi connectivity index (χ3v) is 5.97. The van der Waals surface area contributed by atoms with Crippen LogP contribution in [-0.2, 0) is 30.7 Å². The minimum Gasteiger partial charge on any atom is -0.348 e. The van der Waals surface area contributed by atoms with E-state index in [2.05, 4.69) is 40.8 Å². The van der Waals surface area contributed by atoms with Crippen LogP contribution in [0.3, 0.4) is 0 Å². The van der Waals surface area contributed by atoms with Gasteiger partial charge in [0, 0.05) is 35.8 Å². The Morgan fingerprint density at radius 2 is 2.07 bits per heavy atom. The number of Topliss-reactive ketones (excluding diaryl/α,β-unsaturated/α-hetero) is 1. The molecule has 0 atom stereocenters. The van der Waals surface area contributed by atoms with Gasteiger partial charge in [-0.2, -0.15) is 4.98 Å². The van der Waals surface area contributed by atoms with Crippen molar-refractivity contribution in [2.75, 3.05) is 0 Å². The molecule has 0 saturated heterocycles. The highest BCUT2D eigenvalue weighted by Crippen LogP contribution is 2.39. The van der Waals surface area contributed by atoms with E-state index in [4.69, 9.17) is 4.52 Å². The van der Waals surface area contributed by atoms with Crippen molar-refractivity contribution in [3.63, 3.8) is 0 Å². The molecule has 1 saturated carbocycles. The van der Waals surface area contributed by atoms with Crippen LogP contribution in [0.25, 0.3) is 0 Å². The first-order chi connectivity index (χ1) is 13.8. The van der Waals surface area contributed by atoms with Crippen molar-refractivity contribution in [2.45, 2.75) is 85.2 Å². The minimum atomic E-state index is -0.131. The molecule has 7 nitrogen and oxygen atoms in total. The molecule has 2 aliphatic carbocycles. The Labute approximate surface area is 171 Å². The molecule has 0 unspecified atom stereocenters. The first kappa shape index (κ1) is 19.9. The van der Waals surface area contributed by atoms with Crippen LogP contribution in [-0.4, -0.2) is 26.4 Å². The molecule has 29 heavy (non-hydrogen) atoms. The Hall–Kier alpha value is -2.44. The fourth-order valence-electron chi connectivity index (χ4n) is 4.39. The van der Waals surface area contributed by atoms with Crippen LogP contribution < -0.4 is 5.32 Å². The summed E-state index contributed by atoms with van der Waals surface area (Å²) < 4.78 is 7.47. The molecule has 0 radical (unpaired) electrons. The number of ketones is 1. The van der Waals surface area contributed by atoms with Crippen molar-refractivity contribution in [1.29, 1.82) is 0 Å². The number of nitrogens with zero attached hydrogens (tertiary/aromatic N) is 3. The van der Waals surface area contributed by atoms with E-state index in [1.165, 1.54) is 0 Å². The van der Waals surface area contributed by atoms with E-state index in [9.17, 15) is 9.59 Å². The standard InChI is InChI=1S/C22H30N4O3/c1-5-8-26-13(2)15(20-16(26)10-22(3,4)11-17(20)27)9-18(28)23-12-19-24-21(25-29-19)14-6-7-14/h14H,5-12H2,1-4H3,(H,23,28). The summed E-state index contributed by atoms with van der Waals surface area (Å²) in [6.45, 7) is 9.52. The quantitative estimate of drug-likeness (QED) is 0.771. The number of nitrogens with one attached hydrogen (secondary N) is 1. The SMILES string of the molecule is CCCn1c(C)c(CC(=O)NCc2nc(C3CC3)no2)c2c1CC(C)(C)CC2=O. The van der Waals surface area contributed by atoms with E-state index in [0.29, 0.717) is 18.2 Å². The summed E-state index contributed by atoms with van der Waals surface area (Å²) >= 11 is 0. The highest BCUT2D eigenvalue weighted by Gasteiger charge is 2.37. The maximum absolute atomic E-state index is 12.9. The lowest BCUT2D eigenvalue weighted by Gasteiger charge is -2.30. The molecule has 2 aromatic rings. The molecule has 0 spiro atoms. The van der Waals surface area contributed by atoms with Crippen molar-refractivity contribution in [1.82, 2.24) is 20.0 Å². The second-order valence-electron chi connectivity index (χ2n) is 9.25. The summed E-state index contributed by atoms with van der Waals surface area (Å²) in [4.78, 5) is 29.9. The van der Waals surface area contributed by atoms with Gasteiger partial charge < -0.3 is 14.4 Å². The maximum atomic E-state index is 12.9. The maximum Gasteiger partial charge on any atom is 0.246 e. The number of hydrogen-bond donors (Lipinski definition) is 1. The fraction of sp³-hybridized carbons (Fsp3) is 0.636. The smallest absolute Gasteiger partial charge is 0.246 e. The zero-order valence-corrected chi connectivity index (χ0v) is 17.8. The lowest BCUT2D eigenvalue weighted by molar-refractivity contribution is -0.120. The zero-order valence-electron chi connectivity index (χ0n) is 17.8. The summed E-state index contributed by atoms with van der Waals surface area (Å²) in [6, 6.07) is 0. The van der Waals surface area contributed by atoms with Crippen LogP contribution in [0.15, 0.2) is 4.52 Å². The van der Waals surface area contributed by atoms with Crippen molar-refractivity contribution in [2.24, 2.45) is 5.41 Å². The van der Waals surface area contributed by atoms with Gasteiger partial charge >= 0.3 is 0 Å². The van der Waals surface area contributed by atoms with Gasteiger partial charge in [-0.05, 0) is 43.6 Å². The highest BCUT2D eigenvalue weighted by atomic mass is 16.5. The van der Waals surface area contributed by atoms with Gasteiger partial charge in [-0.1, -0.05) is 25.9 Å². The third kappa shape index (κ3) is 4.00. The summed E-state index contributed by atoms with van der Waals surface area (Å²) in [6.07, 6.45) is 4.78. The molecule has 2 aromatic heterocycles. The van der Waals surface area contributed by atoms with Gasteiger partial charge in [-0.25, -0.2) is 0 Å². The van der Waals surface area contributed by atoms with Crippen LogP contribution in [0.2, 0.25) is 0 Å². The minimum absolute atomic E-state index is 0.0445. The van der Waals surface area contributed by atoms with E-state index < -0.39 is 0 Å². The predicted molar refractivity (Wildman–Crippen MR) is 108 cm³/mol. The number of rotatable bonds is 7. The Balaban J connectivity index is 1.51. The monoisotopic (exact) mass is 398 g/mol. The van der Waals surface area contributed by atoms with Gasteiger partial charge in [0.05, 0.1) is 13.0 Å². The van der Waals surface area contributed by atoms with Gasteiger partial charge in [0.2, 0.25) is 11.8 Å². The van der Waals surface area contributed by atoms with Crippen LogP contribution in [0, 0.1) is 12.3 Å². The van der Waals surface area contributed by atoms with Gasteiger partial charge in [-0.15, -0.1) is 0 Å². The first-order valence-electron chi connectivity index (χ1n) is 10.6. The largest absolute Gasteiger partial charge is 0.348 e. The number of amides is 1. The second-order valence-corrected chi connectivity index (χ2v) is 9.25. The number of carbonyl (C=O) groups is 2. The van der Waals surface area contributed by atoms with Gasteiger partial charge in [-0.3, -0.25) is 9.59 Å². The molecular formula is C22H30N4O3. The van der Waals surface area contributed by atoms with E-state index in [0.717, 1.165) is 60.6 Å². The van der Waals surface area contributed by atoms with E-state index >= 15 is 0 Å². The molecule has 2 heterocycles. The molecule has 0 bridgehead atoms. The average molecular weight is 399 g/mol. The predicted octanol–water partition coefficient (Wildman–Crippen LogP) is 3.48. The molecule has 1 amide bonds. The molecule has 1 fully saturated rings. The molecule has 4 rings (SSSR count). The van der Waals surface area contributed by atoms with Crippen LogP contribution >= 0.6 is 0 Å². The lowest BCUT2D eigenvalue weighted by atomic mass is 9.75. The lowest BCUT2D eigenvalue weighted by Crippen LogP contribution is -2.29. The third-order valence-electron chi connectivity index (χ3n) is 5.97. The van der Waals surface area contributed by atoms with Crippen LogP contribution in [0.4, 0.5) is 0 Å². The molecule has 156 valence electrons. The topological polar surface area (TPSA) is 90.0 Å². The molecular weight excluding hydrogens is 368 g/mol. The number of carbonyl (C=O) groups excluding carboxylic acids is 2. The van der Waals surface area contributed by atoms with Gasteiger partial charge in [0.1, 0.15) is 0 Å². The summed E-state index contributed by atoms with van der Waals surface area (Å²) in [7, 11) is 0. The van der Waals surface area contributed by atoms with Crippen LogP contribution in [0.5, 0.6) is 0 Å². The fourth-order valence-corrected chi connectivity index (χ4v) is 4.39. The Morgan fingerprint density at radius 3 is 2.76 bits per heavy atom. The molecule has 2 aliphatic rings. The van der Waals surface area contributed by atoms with Crippen LogP contribution in [0.1, 0.15) is 91.4 Å². The van der Waals surface area contributed by atoms with Crippen molar-refractivity contribution >= 4 is 11.7 Å². The summed E-state index contributed by atoms with van der Waals surface area (Å²) in [5, 5.41) is 6.84. The Bertz CT molecular complexity index is 950. The van der Waals surface area contributed by atoms with E-state index in [1.54, 1.807) is 0 Å². The molecule has 1 N–H and O–H groups in total. The Kier molecular flexibility index (Phi) is 5.09. The zero-order chi connectivity index (χ0) is 20.8. The molecule has 7 heteroatoms. The Morgan fingerprint density at radius 1 is 1.31 bits per heavy atom.